The van der Waals surface area contributed by atoms with Crippen molar-refractivity contribution in [1.29, 1.82) is 0 Å². The predicted molar refractivity (Wildman–Crippen MR) is 86.3 cm³/mol. The number of ether oxygens (including phenoxy) is 1. The Balaban J connectivity index is 2.23. The first-order valence-corrected chi connectivity index (χ1v) is 7.78. The van der Waals surface area contributed by atoms with Gasteiger partial charge in [-0.2, -0.15) is 0 Å². The number of hydrogen-bond donors (Lipinski definition) is 1. The number of anilines is 2. The van der Waals surface area contributed by atoms with Crippen LogP contribution in [0.15, 0.2) is 11.8 Å². The summed E-state index contributed by atoms with van der Waals surface area (Å²) in [6.07, 6.45) is 2.59. The Morgan fingerprint density at radius 2 is 2.14 bits per heavy atom. The first kappa shape index (κ1) is 15.5. The first-order valence-electron chi connectivity index (χ1n) is 6.90. The lowest BCUT2D eigenvalue weighted by atomic mass is 10.3. The van der Waals surface area contributed by atoms with E-state index in [1.165, 1.54) is 4.88 Å². The van der Waals surface area contributed by atoms with Crippen LogP contribution in [0.4, 0.5) is 11.6 Å². The van der Waals surface area contributed by atoms with Gasteiger partial charge in [0.05, 0.1) is 24.9 Å². The summed E-state index contributed by atoms with van der Waals surface area (Å²) in [6.45, 7) is 5.73. The van der Waals surface area contributed by atoms with Gasteiger partial charge in [-0.05, 0) is 13.3 Å². The summed E-state index contributed by atoms with van der Waals surface area (Å²) in [5.41, 5.74) is 2.92. The van der Waals surface area contributed by atoms with Crippen LogP contribution in [0.3, 0.4) is 0 Å². The molecule has 2 aromatic rings. The van der Waals surface area contributed by atoms with E-state index in [4.69, 9.17) is 4.74 Å². The molecule has 0 unspecified atom stereocenters. The third-order valence-electron chi connectivity index (χ3n) is 3.12. The van der Waals surface area contributed by atoms with Gasteiger partial charge in [0.2, 0.25) is 5.75 Å². The van der Waals surface area contributed by atoms with E-state index in [1.807, 2.05) is 19.5 Å². The van der Waals surface area contributed by atoms with E-state index in [1.54, 1.807) is 24.8 Å². The van der Waals surface area contributed by atoms with Gasteiger partial charge >= 0.3 is 0 Å². The summed E-state index contributed by atoms with van der Waals surface area (Å²) in [4.78, 5) is 16.2. The van der Waals surface area contributed by atoms with Crippen molar-refractivity contribution in [3.63, 3.8) is 0 Å². The summed E-state index contributed by atoms with van der Waals surface area (Å²) in [6, 6.07) is 0. The number of hydrogen-bond acceptors (Lipinski definition) is 7. The Morgan fingerprint density at radius 3 is 2.76 bits per heavy atom. The third kappa shape index (κ3) is 3.60. The van der Waals surface area contributed by atoms with Gasteiger partial charge in [0, 0.05) is 18.5 Å². The average molecular weight is 307 g/mol. The van der Waals surface area contributed by atoms with Gasteiger partial charge in [-0.25, -0.2) is 15.0 Å². The van der Waals surface area contributed by atoms with Crippen molar-refractivity contribution in [3.05, 3.63) is 22.4 Å². The van der Waals surface area contributed by atoms with Crippen LogP contribution >= 0.6 is 11.3 Å². The molecule has 1 N–H and O–H groups in total. The molecule has 0 saturated heterocycles. The molecule has 0 atom stereocenters. The highest BCUT2D eigenvalue weighted by atomic mass is 32.1. The molecule has 0 aliphatic rings. The molecule has 0 aromatic carbocycles. The van der Waals surface area contributed by atoms with Gasteiger partial charge < -0.3 is 15.0 Å². The molecule has 0 saturated carbocycles. The molecular weight excluding hydrogens is 286 g/mol. The molecule has 7 heteroatoms. The van der Waals surface area contributed by atoms with Crippen molar-refractivity contribution < 1.29 is 4.74 Å². The Bertz CT molecular complexity index is 586. The van der Waals surface area contributed by atoms with Crippen LogP contribution in [0.1, 0.15) is 23.9 Å². The fraction of sp³-hybridized carbons (Fsp3) is 0.500. The Labute approximate surface area is 129 Å². The van der Waals surface area contributed by atoms with Crippen molar-refractivity contribution in [3.8, 4) is 5.75 Å². The SMILES string of the molecule is CCCNc1ncnc(N(C)Cc2scnc2C)c1OC. The van der Waals surface area contributed by atoms with Crippen LogP contribution in [0.25, 0.3) is 0 Å². The summed E-state index contributed by atoms with van der Waals surface area (Å²) in [7, 11) is 3.64. The largest absolute Gasteiger partial charge is 0.490 e. The molecule has 0 aliphatic carbocycles. The minimum Gasteiger partial charge on any atom is -0.490 e. The first-order chi connectivity index (χ1) is 10.2. The van der Waals surface area contributed by atoms with Crippen LogP contribution in [0.5, 0.6) is 5.75 Å². The van der Waals surface area contributed by atoms with Gasteiger partial charge in [0.15, 0.2) is 11.6 Å². The second-order valence-electron chi connectivity index (χ2n) is 4.72. The van der Waals surface area contributed by atoms with E-state index in [9.17, 15) is 0 Å². The predicted octanol–water partition coefficient (Wildman–Crippen LogP) is 2.71. The summed E-state index contributed by atoms with van der Waals surface area (Å²) in [5, 5.41) is 3.27. The van der Waals surface area contributed by atoms with Crippen molar-refractivity contribution in [2.75, 3.05) is 30.9 Å². The van der Waals surface area contributed by atoms with Crippen molar-refractivity contribution in [2.24, 2.45) is 0 Å². The van der Waals surface area contributed by atoms with Gasteiger partial charge in [-0.15, -0.1) is 11.3 Å². The fourth-order valence-corrected chi connectivity index (χ4v) is 2.79. The molecule has 2 aromatic heterocycles. The van der Waals surface area contributed by atoms with Crippen molar-refractivity contribution in [2.45, 2.75) is 26.8 Å². The molecule has 0 fully saturated rings. The van der Waals surface area contributed by atoms with Crippen LogP contribution in [0.2, 0.25) is 0 Å². The summed E-state index contributed by atoms with van der Waals surface area (Å²) < 4.78 is 5.50. The van der Waals surface area contributed by atoms with Crippen LogP contribution in [-0.2, 0) is 6.54 Å². The third-order valence-corrected chi connectivity index (χ3v) is 4.04. The molecule has 0 aliphatic heterocycles. The topological polar surface area (TPSA) is 63.2 Å². The van der Waals surface area contributed by atoms with Crippen LogP contribution in [-0.4, -0.2) is 35.7 Å². The lowest BCUT2D eigenvalue weighted by Gasteiger charge is -2.21. The summed E-state index contributed by atoms with van der Waals surface area (Å²) in [5.74, 6) is 2.19. The Hall–Kier alpha value is -1.89. The van der Waals surface area contributed by atoms with Crippen LogP contribution in [0, 0.1) is 6.92 Å². The Kier molecular flexibility index (Phi) is 5.32. The number of aryl methyl sites for hydroxylation is 1. The molecule has 21 heavy (non-hydrogen) atoms. The zero-order chi connectivity index (χ0) is 15.2. The zero-order valence-corrected chi connectivity index (χ0v) is 13.7. The van der Waals surface area contributed by atoms with E-state index >= 15 is 0 Å². The number of rotatable bonds is 7. The van der Waals surface area contributed by atoms with E-state index in [-0.39, 0.29) is 0 Å². The standard InChI is InChI=1S/C14H21N5OS/c1-5-6-15-13-12(20-4)14(17-8-16-13)19(3)7-11-10(2)18-9-21-11/h8-9H,5-7H2,1-4H3,(H,15,16,17). The second kappa shape index (κ2) is 7.21. The second-order valence-corrected chi connectivity index (χ2v) is 5.66. The lowest BCUT2D eigenvalue weighted by Crippen LogP contribution is -2.19. The summed E-state index contributed by atoms with van der Waals surface area (Å²) >= 11 is 1.65. The van der Waals surface area contributed by atoms with Crippen molar-refractivity contribution >= 4 is 23.0 Å². The number of nitrogens with zero attached hydrogens (tertiary/aromatic N) is 4. The molecular formula is C14H21N5OS. The minimum atomic E-state index is 0.676. The monoisotopic (exact) mass is 307 g/mol. The molecule has 2 rings (SSSR count). The van der Waals surface area contributed by atoms with Gasteiger partial charge in [0.1, 0.15) is 6.33 Å². The number of thiazole rings is 1. The normalized spacial score (nSPS) is 10.5. The number of methoxy groups -OCH3 is 1. The highest BCUT2D eigenvalue weighted by Crippen LogP contribution is 2.32. The van der Waals surface area contributed by atoms with Crippen LogP contribution < -0.4 is 15.0 Å². The minimum absolute atomic E-state index is 0.676. The van der Waals surface area contributed by atoms with E-state index in [0.717, 1.165) is 36.8 Å². The maximum Gasteiger partial charge on any atom is 0.204 e. The fourth-order valence-electron chi connectivity index (χ4n) is 1.96. The van der Waals surface area contributed by atoms with E-state index in [0.29, 0.717) is 5.75 Å². The smallest absolute Gasteiger partial charge is 0.204 e. The average Bonchev–Trinajstić information content (AvgIpc) is 2.89. The van der Waals surface area contributed by atoms with Gasteiger partial charge in [-0.3, -0.25) is 0 Å². The Morgan fingerprint density at radius 1 is 1.33 bits per heavy atom. The molecule has 0 bridgehead atoms. The van der Waals surface area contributed by atoms with E-state index in [2.05, 4.69) is 32.1 Å². The zero-order valence-electron chi connectivity index (χ0n) is 12.9. The lowest BCUT2D eigenvalue weighted by molar-refractivity contribution is 0.412. The maximum atomic E-state index is 5.50. The van der Waals surface area contributed by atoms with E-state index < -0.39 is 0 Å². The molecule has 6 nitrogen and oxygen atoms in total. The highest BCUT2D eigenvalue weighted by Gasteiger charge is 2.16. The molecule has 0 amide bonds. The molecule has 2 heterocycles. The quantitative estimate of drug-likeness (QED) is 0.848. The molecule has 114 valence electrons. The maximum absolute atomic E-state index is 5.50. The number of aromatic nitrogens is 3. The highest BCUT2D eigenvalue weighted by molar-refractivity contribution is 7.09. The number of nitrogens with one attached hydrogen (secondary N) is 1. The molecule has 0 radical (unpaired) electrons. The van der Waals surface area contributed by atoms with Gasteiger partial charge in [0.25, 0.3) is 0 Å². The van der Waals surface area contributed by atoms with Crippen molar-refractivity contribution in [1.82, 2.24) is 15.0 Å². The molecule has 0 spiro atoms. The van der Waals surface area contributed by atoms with Gasteiger partial charge in [-0.1, -0.05) is 6.92 Å².